The van der Waals surface area contributed by atoms with Crippen molar-refractivity contribution in [2.45, 2.75) is 13.8 Å². The molecular weight excluding hydrogens is 713 g/mol. The summed E-state index contributed by atoms with van der Waals surface area (Å²) in [6.07, 6.45) is 8.91. The number of hydrogen-bond acceptors (Lipinski definition) is 4. The Morgan fingerprint density at radius 2 is 1.07 bits per heavy atom. The summed E-state index contributed by atoms with van der Waals surface area (Å²) in [7, 11) is 0. The number of nitriles is 1. The third-order valence-corrected chi connectivity index (χ3v) is 11.4. The van der Waals surface area contributed by atoms with Crippen LogP contribution in [0.5, 0.6) is 0 Å². The Kier molecular flexibility index (Phi) is 11.2. The van der Waals surface area contributed by atoms with Crippen molar-refractivity contribution in [2.24, 2.45) is 0 Å². The molecule has 7 aromatic rings. The molecule has 1 heterocycles. The third kappa shape index (κ3) is 7.64. The van der Waals surface area contributed by atoms with E-state index in [1.165, 1.54) is 0 Å². The summed E-state index contributed by atoms with van der Waals surface area (Å²) in [6.45, 7) is 6.04. The lowest BCUT2D eigenvalue weighted by Crippen LogP contribution is -2.15. The minimum Gasteiger partial charge on any atom is -0.342 e. The molecule has 57 heavy (non-hydrogen) atoms. The van der Waals surface area contributed by atoms with Crippen molar-refractivity contribution in [1.82, 2.24) is 0 Å². The summed E-state index contributed by atoms with van der Waals surface area (Å²) in [5.74, 6) is 0. The van der Waals surface area contributed by atoms with Crippen molar-refractivity contribution in [2.75, 3.05) is 22.9 Å². The Morgan fingerprint density at radius 3 is 1.58 bits per heavy atom. The van der Waals surface area contributed by atoms with Gasteiger partial charge in [0.15, 0.2) is 0 Å². The van der Waals surface area contributed by atoms with Crippen LogP contribution in [0.3, 0.4) is 0 Å². The van der Waals surface area contributed by atoms with Gasteiger partial charge in [0.1, 0.15) is 17.6 Å². The normalized spacial score (nSPS) is 11.9. The maximum absolute atomic E-state index is 11.2. The molecule has 0 amide bonds. The fourth-order valence-electron chi connectivity index (χ4n) is 7.56. The quantitative estimate of drug-likeness (QED) is 0.123. The van der Waals surface area contributed by atoms with Gasteiger partial charge in [0.05, 0.1) is 5.56 Å². The third-order valence-electron chi connectivity index (χ3n) is 10.2. The maximum atomic E-state index is 11.2. The second-order valence-electron chi connectivity index (χ2n) is 13.6. The van der Waals surface area contributed by atoms with Crippen molar-refractivity contribution in [1.29, 1.82) is 5.26 Å². The molecule has 6 aromatic carbocycles. The predicted octanol–water partition coefficient (Wildman–Crippen LogP) is 13.6. The second kappa shape index (κ2) is 17.2. The highest BCUT2D eigenvalue weighted by Gasteiger charge is 2.29. The number of hydrogen-bond donors (Lipinski definition) is 0. The van der Waals surface area contributed by atoms with E-state index in [9.17, 15) is 5.26 Å². The predicted molar refractivity (Wildman–Crippen MR) is 241 cm³/mol. The van der Waals surface area contributed by atoms with Crippen molar-refractivity contribution < 1.29 is 4.58 Å². The lowest BCUT2D eigenvalue weighted by Gasteiger charge is -2.24. The summed E-state index contributed by atoms with van der Waals surface area (Å²) < 4.78 is 2.32. The van der Waals surface area contributed by atoms with Crippen LogP contribution in [-0.2, 0) is 0 Å². The fraction of sp³-hybridized carbons (Fsp3) is 0.0769. The number of nitrogens with zero attached hydrogens (tertiary/aromatic N) is 4. The monoisotopic (exact) mass is 755 g/mol. The minimum absolute atomic E-state index is 0.641. The molecule has 0 atom stereocenters. The highest BCUT2D eigenvalue weighted by Crippen LogP contribution is 2.51. The SMILES string of the molecule is CCN(c1ccccc1)c1ccc(C(=C2C=CC(=[N+](CC)c3ccccc3)C=C2)c2sc(N(c3ccccc3)c3ccccc3)c(C#N)c2-c2ccccc2)cc1. The van der Waals surface area contributed by atoms with E-state index in [0.29, 0.717) is 5.56 Å². The Morgan fingerprint density at radius 1 is 0.579 bits per heavy atom. The first-order chi connectivity index (χ1) is 28.2. The first-order valence-electron chi connectivity index (χ1n) is 19.4. The molecule has 0 spiro atoms. The molecule has 0 aliphatic heterocycles. The smallest absolute Gasteiger partial charge is 0.205 e. The van der Waals surface area contributed by atoms with Gasteiger partial charge in [-0.05, 0) is 91.2 Å². The van der Waals surface area contributed by atoms with Crippen LogP contribution < -0.4 is 9.80 Å². The van der Waals surface area contributed by atoms with Crippen LogP contribution in [0.4, 0.5) is 33.4 Å². The van der Waals surface area contributed by atoms with E-state index in [-0.39, 0.29) is 0 Å². The molecule has 1 aromatic heterocycles. The van der Waals surface area contributed by atoms with E-state index >= 15 is 0 Å². The van der Waals surface area contributed by atoms with Gasteiger partial charge < -0.3 is 9.80 Å². The molecule has 5 heteroatoms. The number of rotatable bonds is 11. The Labute approximate surface area is 340 Å². The standard InChI is InChI=1S/C52H43N4S/c1-3-54(42-22-12-6-13-23-42)44-34-30-40(31-35-44)49(41-32-36-45(37-33-41)55(4-2)43-24-14-7-15-25-43)51-50(39-20-10-5-11-21-39)48(38-53)52(57-51)56(46-26-16-8-17-27-46)47-28-18-9-19-29-47/h5-37H,3-4H2,1-2H3/q+1. The summed E-state index contributed by atoms with van der Waals surface area (Å²) >= 11 is 1.67. The molecule has 8 rings (SSSR count). The van der Waals surface area contributed by atoms with Crippen LogP contribution >= 0.6 is 11.3 Å². The lowest BCUT2D eigenvalue weighted by atomic mass is 9.90. The Hall–Kier alpha value is -7.00. The first kappa shape index (κ1) is 36.9. The van der Waals surface area contributed by atoms with Crippen LogP contribution in [0, 0.1) is 11.3 Å². The number of anilines is 5. The highest BCUT2D eigenvalue weighted by molar-refractivity contribution is 7.18. The molecule has 0 bridgehead atoms. The van der Waals surface area contributed by atoms with E-state index < -0.39 is 0 Å². The lowest BCUT2D eigenvalue weighted by molar-refractivity contribution is -0.434. The summed E-state index contributed by atoms with van der Waals surface area (Å²) in [5, 5.41) is 12.1. The van der Waals surface area contributed by atoms with E-state index in [1.54, 1.807) is 11.3 Å². The first-order valence-corrected chi connectivity index (χ1v) is 20.3. The minimum atomic E-state index is 0.641. The van der Waals surface area contributed by atoms with Crippen LogP contribution in [0.1, 0.15) is 29.9 Å². The van der Waals surface area contributed by atoms with Gasteiger partial charge in [0, 0.05) is 69.6 Å². The Balaban J connectivity index is 1.38. The summed E-state index contributed by atoms with van der Waals surface area (Å²) in [5.41, 5.74) is 12.3. The zero-order valence-electron chi connectivity index (χ0n) is 32.2. The van der Waals surface area contributed by atoms with Crippen molar-refractivity contribution >= 4 is 56.1 Å². The van der Waals surface area contributed by atoms with Gasteiger partial charge >= 0.3 is 0 Å². The zero-order chi connectivity index (χ0) is 39.0. The molecule has 1 aliphatic rings. The maximum Gasteiger partial charge on any atom is 0.205 e. The van der Waals surface area contributed by atoms with Crippen molar-refractivity contribution in [3.05, 3.63) is 222 Å². The van der Waals surface area contributed by atoms with Gasteiger partial charge in [0.25, 0.3) is 0 Å². The zero-order valence-corrected chi connectivity index (χ0v) is 33.0. The Bertz CT molecular complexity index is 2560. The molecule has 276 valence electrons. The van der Waals surface area contributed by atoms with Crippen LogP contribution in [0.25, 0.3) is 16.7 Å². The highest BCUT2D eigenvalue weighted by atomic mass is 32.1. The molecular formula is C52H43N4S+. The second-order valence-corrected chi connectivity index (χ2v) is 14.6. The van der Waals surface area contributed by atoms with Gasteiger partial charge in [-0.15, -0.1) is 11.3 Å². The molecule has 0 N–H and O–H groups in total. The van der Waals surface area contributed by atoms with Crippen LogP contribution in [0.15, 0.2) is 206 Å². The summed E-state index contributed by atoms with van der Waals surface area (Å²) in [6, 6.07) is 63.7. The van der Waals surface area contributed by atoms with Crippen LogP contribution in [-0.4, -0.2) is 23.4 Å². The average molecular weight is 756 g/mol. The van der Waals surface area contributed by atoms with E-state index in [4.69, 9.17) is 0 Å². The van der Waals surface area contributed by atoms with Gasteiger partial charge in [-0.25, -0.2) is 0 Å². The largest absolute Gasteiger partial charge is 0.342 e. The number of benzene rings is 6. The fourth-order valence-corrected chi connectivity index (χ4v) is 8.97. The average Bonchev–Trinajstić information content (AvgIpc) is 3.65. The van der Waals surface area contributed by atoms with E-state index in [2.05, 4.69) is 216 Å². The number of allylic oxidation sites excluding steroid dienone is 5. The number of para-hydroxylation sites is 4. The number of thiophene rings is 1. The molecule has 0 unspecified atom stereocenters. The van der Waals surface area contributed by atoms with Gasteiger partial charge in [-0.3, -0.25) is 0 Å². The topological polar surface area (TPSA) is 33.3 Å². The van der Waals surface area contributed by atoms with Gasteiger partial charge in [0.2, 0.25) is 11.4 Å². The van der Waals surface area contributed by atoms with Crippen molar-refractivity contribution in [3.63, 3.8) is 0 Å². The molecule has 0 fully saturated rings. The van der Waals surface area contributed by atoms with E-state index in [0.717, 1.165) is 85.0 Å². The van der Waals surface area contributed by atoms with Crippen LogP contribution in [0.2, 0.25) is 0 Å². The van der Waals surface area contributed by atoms with Crippen molar-refractivity contribution in [3.8, 4) is 17.2 Å². The van der Waals surface area contributed by atoms with Gasteiger partial charge in [-0.2, -0.15) is 9.84 Å². The van der Waals surface area contributed by atoms with E-state index in [1.807, 2.05) is 18.2 Å². The molecule has 0 radical (unpaired) electrons. The molecule has 0 saturated heterocycles. The van der Waals surface area contributed by atoms with Gasteiger partial charge in [-0.1, -0.05) is 115 Å². The summed E-state index contributed by atoms with van der Waals surface area (Å²) in [4.78, 5) is 5.59. The molecule has 4 nitrogen and oxygen atoms in total. The molecule has 0 saturated carbocycles. The molecule has 1 aliphatic carbocycles.